The van der Waals surface area contributed by atoms with Crippen LogP contribution in [0.4, 0.5) is 5.69 Å². The average Bonchev–Trinajstić information content (AvgIpc) is 2.62. The summed E-state index contributed by atoms with van der Waals surface area (Å²) in [4.78, 5) is 1.55. The molecule has 1 aliphatic heterocycles. The van der Waals surface area contributed by atoms with E-state index in [1.807, 2.05) is 37.3 Å². The fourth-order valence-corrected chi connectivity index (χ4v) is 3.41. The molecule has 0 radical (unpaired) electrons. The van der Waals surface area contributed by atoms with E-state index in [2.05, 4.69) is 16.6 Å². The Hall–Kier alpha value is -2.04. The van der Waals surface area contributed by atoms with E-state index in [4.69, 9.17) is 11.6 Å². The van der Waals surface area contributed by atoms with Crippen LogP contribution in [0.5, 0.6) is 5.75 Å². The van der Waals surface area contributed by atoms with Gasteiger partial charge in [0.2, 0.25) is 0 Å². The molecule has 0 saturated carbocycles. The minimum absolute atomic E-state index is 0.373. The summed E-state index contributed by atoms with van der Waals surface area (Å²) in [6.45, 7) is 5.20. The summed E-state index contributed by atoms with van der Waals surface area (Å²) in [5.41, 5.74) is 6.76. The summed E-state index contributed by atoms with van der Waals surface area (Å²) in [5, 5.41) is 15.3. The normalized spacial score (nSPS) is 16.0. The number of piperidine rings is 1. The number of hydrogen-bond donors (Lipinski definition) is 3. The van der Waals surface area contributed by atoms with Crippen molar-refractivity contribution in [3.63, 3.8) is 0 Å². The maximum absolute atomic E-state index is 10.2. The third kappa shape index (κ3) is 4.97. The number of nitrogens with one attached hydrogen (secondary N) is 2. The molecule has 3 rings (SSSR count). The van der Waals surface area contributed by atoms with Crippen LogP contribution >= 0.6 is 11.6 Å². The quantitative estimate of drug-likeness (QED) is 0.566. The first kappa shape index (κ1) is 17.8. The molecule has 0 unspecified atom stereocenters. The number of anilines is 1. The number of likely N-dealkylation sites (tertiary alicyclic amines) is 1. The zero-order valence-corrected chi connectivity index (χ0v) is 15.3. The number of quaternary nitrogens is 1. The maximum Gasteiger partial charge on any atom is 0.124 e. The van der Waals surface area contributed by atoms with Crippen molar-refractivity contribution in [3.8, 4) is 5.75 Å². The average molecular weight is 359 g/mol. The van der Waals surface area contributed by atoms with Gasteiger partial charge in [0.15, 0.2) is 0 Å². The molecule has 1 saturated heterocycles. The number of rotatable bonds is 5. The monoisotopic (exact) mass is 358 g/mol. The molecular weight excluding hydrogens is 334 g/mol. The highest BCUT2D eigenvalue weighted by Crippen LogP contribution is 2.19. The SMILES string of the molecule is C/C(=N\Nc1cccc(Cl)c1)c1ccc(O)c(C[NH+]2CCCCC2)c1. The van der Waals surface area contributed by atoms with Gasteiger partial charge in [-0.2, -0.15) is 5.10 Å². The van der Waals surface area contributed by atoms with Crippen LogP contribution in [0.1, 0.15) is 37.3 Å². The number of aromatic hydroxyl groups is 1. The van der Waals surface area contributed by atoms with Crippen LogP contribution in [0.3, 0.4) is 0 Å². The molecule has 0 amide bonds. The zero-order valence-electron chi connectivity index (χ0n) is 14.6. The highest BCUT2D eigenvalue weighted by Gasteiger charge is 2.16. The highest BCUT2D eigenvalue weighted by molar-refractivity contribution is 6.30. The fourth-order valence-electron chi connectivity index (χ4n) is 3.22. The molecule has 0 bridgehead atoms. The summed E-state index contributed by atoms with van der Waals surface area (Å²) in [6, 6.07) is 13.2. The van der Waals surface area contributed by atoms with Crippen LogP contribution < -0.4 is 10.3 Å². The molecule has 1 heterocycles. The molecule has 0 atom stereocenters. The Morgan fingerprint density at radius 3 is 2.72 bits per heavy atom. The van der Waals surface area contributed by atoms with E-state index in [-0.39, 0.29) is 0 Å². The first-order chi connectivity index (χ1) is 12.1. The van der Waals surface area contributed by atoms with Gasteiger partial charge in [0.05, 0.1) is 24.5 Å². The molecule has 0 aliphatic carbocycles. The number of nitrogens with zero attached hydrogens (tertiary/aromatic N) is 1. The lowest BCUT2D eigenvalue weighted by Crippen LogP contribution is -3.11. The number of hydrazone groups is 1. The third-order valence-electron chi connectivity index (χ3n) is 4.68. The van der Waals surface area contributed by atoms with Crippen LogP contribution in [-0.2, 0) is 6.54 Å². The van der Waals surface area contributed by atoms with E-state index in [0.717, 1.165) is 29.1 Å². The smallest absolute Gasteiger partial charge is 0.124 e. The van der Waals surface area contributed by atoms with E-state index in [9.17, 15) is 5.11 Å². The Labute approximate surface area is 154 Å². The Morgan fingerprint density at radius 2 is 1.96 bits per heavy atom. The van der Waals surface area contributed by atoms with Crippen molar-refractivity contribution in [1.82, 2.24) is 0 Å². The lowest BCUT2D eigenvalue weighted by molar-refractivity contribution is -0.918. The molecule has 132 valence electrons. The van der Waals surface area contributed by atoms with Crippen LogP contribution in [0.2, 0.25) is 5.02 Å². The van der Waals surface area contributed by atoms with Gasteiger partial charge < -0.3 is 10.0 Å². The van der Waals surface area contributed by atoms with Crippen LogP contribution in [-0.4, -0.2) is 23.9 Å². The molecule has 0 spiro atoms. The van der Waals surface area contributed by atoms with Crippen LogP contribution in [0, 0.1) is 0 Å². The number of phenols is 1. The van der Waals surface area contributed by atoms with E-state index < -0.39 is 0 Å². The minimum atomic E-state index is 0.373. The van der Waals surface area contributed by atoms with E-state index >= 15 is 0 Å². The molecule has 1 fully saturated rings. The van der Waals surface area contributed by atoms with Gasteiger partial charge in [-0.1, -0.05) is 17.7 Å². The van der Waals surface area contributed by atoms with Gasteiger partial charge in [0.1, 0.15) is 12.3 Å². The Morgan fingerprint density at radius 1 is 1.16 bits per heavy atom. The summed E-state index contributed by atoms with van der Waals surface area (Å²) in [5.74, 6) is 0.373. The van der Waals surface area contributed by atoms with Crippen molar-refractivity contribution >= 4 is 23.0 Å². The van der Waals surface area contributed by atoms with Gasteiger partial charge in [0.25, 0.3) is 0 Å². The number of benzene rings is 2. The Kier molecular flexibility index (Phi) is 5.95. The van der Waals surface area contributed by atoms with E-state index in [1.165, 1.54) is 32.4 Å². The second-order valence-corrected chi connectivity index (χ2v) is 7.09. The zero-order chi connectivity index (χ0) is 17.6. The first-order valence-corrected chi connectivity index (χ1v) is 9.21. The summed E-state index contributed by atoms with van der Waals surface area (Å²) >= 11 is 5.99. The molecule has 5 heteroatoms. The molecule has 25 heavy (non-hydrogen) atoms. The Bertz CT molecular complexity index is 754. The number of hydrogen-bond acceptors (Lipinski definition) is 3. The largest absolute Gasteiger partial charge is 0.507 e. The topological polar surface area (TPSA) is 49.1 Å². The van der Waals surface area contributed by atoms with Crippen molar-refractivity contribution in [2.45, 2.75) is 32.7 Å². The fraction of sp³-hybridized carbons (Fsp3) is 0.350. The number of halogens is 1. The van der Waals surface area contributed by atoms with Crippen LogP contribution in [0.25, 0.3) is 0 Å². The van der Waals surface area contributed by atoms with Gasteiger partial charge in [-0.3, -0.25) is 5.43 Å². The van der Waals surface area contributed by atoms with Crippen LogP contribution in [0.15, 0.2) is 47.6 Å². The second kappa shape index (κ2) is 8.37. The standard InChI is InChI=1S/C20H24ClN3O/c1-15(22-23-19-7-5-6-18(21)13-19)16-8-9-20(25)17(12-16)14-24-10-3-2-4-11-24/h5-9,12-13,23,25H,2-4,10-11,14H2,1H3/p+1/b22-15+. The van der Waals surface area contributed by atoms with Gasteiger partial charge >= 0.3 is 0 Å². The molecule has 3 N–H and O–H groups in total. The lowest BCUT2D eigenvalue weighted by Gasteiger charge is -2.24. The molecule has 2 aromatic rings. The maximum atomic E-state index is 10.2. The van der Waals surface area contributed by atoms with Gasteiger partial charge in [-0.15, -0.1) is 0 Å². The van der Waals surface area contributed by atoms with Gasteiger partial charge in [-0.25, -0.2) is 0 Å². The molecular formula is C20H25ClN3O+. The predicted molar refractivity (Wildman–Crippen MR) is 104 cm³/mol. The molecule has 4 nitrogen and oxygen atoms in total. The van der Waals surface area contributed by atoms with Crippen molar-refractivity contribution in [2.75, 3.05) is 18.5 Å². The van der Waals surface area contributed by atoms with Gasteiger partial charge in [-0.05, 0) is 68.1 Å². The second-order valence-electron chi connectivity index (χ2n) is 6.65. The Balaban J connectivity index is 1.72. The van der Waals surface area contributed by atoms with Crippen molar-refractivity contribution in [3.05, 3.63) is 58.6 Å². The number of phenolic OH excluding ortho intramolecular Hbond substituents is 1. The first-order valence-electron chi connectivity index (χ1n) is 8.83. The van der Waals surface area contributed by atoms with Crippen molar-refractivity contribution in [1.29, 1.82) is 0 Å². The summed E-state index contributed by atoms with van der Waals surface area (Å²) in [7, 11) is 0. The summed E-state index contributed by atoms with van der Waals surface area (Å²) in [6.07, 6.45) is 3.89. The highest BCUT2D eigenvalue weighted by atomic mass is 35.5. The minimum Gasteiger partial charge on any atom is -0.507 e. The van der Waals surface area contributed by atoms with E-state index in [0.29, 0.717) is 10.8 Å². The molecule has 1 aliphatic rings. The third-order valence-corrected chi connectivity index (χ3v) is 4.91. The van der Waals surface area contributed by atoms with E-state index in [1.54, 1.807) is 11.0 Å². The van der Waals surface area contributed by atoms with Gasteiger partial charge in [0, 0.05) is 10.6 Å². The molecule has 2 aromatic carbocycles. The lowest BCUT2D eigenvalue weighted by atomic mass is 10.0. The summed E-state index contributed by atoms with van der Waals surface area (Å²) < 4.78 is 0. The van der Waals surface area contributed by atoms with Crippen molar-refractivity contribution < 1.29 is 10.0 Å². The molecule has 0 aromatic heterocycles. The van der Waals surface area contributed by atoms with Crippen molar-refractivity contribution in [2.24, 2.45) is 5.10 Å². The predicted octanol–water partition coefficient (Wildman–Crippen LogP) is 3.45.